The molecule has 3 rings (SSSR count). The molecule has 1 aromatic heterocycles. The van der Waals surface area contributed by atoms with E-state index in [1.807, 2.05) is 12.3 Å². The Morgan fingerprint density at radius 3 is 2.76 bits per heavy atom. The summed E-state index contributed by atoms with van der Waals surface area (Å²) < 4.78 is 12.8. The third-order valence-electron chi connectivity index (χ3n) is 5.04. The number of benzene rings is 1. The van der Waals surface area contributed by atoms with E-state index in [0.717, 1.165) is 67.6 Å². The van der Waals surface area contributed by atoms with Crippen LogP contribution in [0.5, 0.6) is 0 Å². The molecule has 0 atom stereocenters. The Morgan fingerprint density at radius 2 is 2.03 bits per heavy atom. The second kappa shape index (κ2) is 10.7. The van der Waals surface area contributed by atoms with E-state index < -0.39 is 0 Å². The minimum Gasteiger partial charge on any atom is -0.466 e. The quantitative estimate of drug-likeness (QED) is 0.619. The van der Waals surface area contributed by atoms with E-state index in [0.29, 0.717) is 6.61 Å². The van der Waals surface area contributed by atoms with Crippen LogP contribution in [0.3, 0.4) is 0 Å². The summed E-state index contributed by atoms with van der Waals surface area (Å²) in [6.45, 7) is 11.9. The van der Waals surface area contributed by atoms with Crippen molar-refractivity contribution in [3.63, 3.8) is 0 Å². The van der Waals surface area contributed by atoms with E-state index in [4.69, 9.17) is 14.5 Å². The average Bonchev–Trinajstić information content (AvgIpc) is 3.06. The molecule has 1 aliphatic rings. The number of carbonyl (C=O) groups excluding carboxylic acids is 1. The van der Waals surface area contributed by atoms with Gasteiger partial charge in [0.1, 0.15) is 0 Å². The van der Waals surface area contributed by atoms with Gasteiger partial charge in [0, 0.05) is 37.3 Å². The van der Waals surface area contributed by atoms with Crippen LogP contribution in [0.15, 0.2) is 28.6 Å². The van der Waals surface area contributed by atoms with Crippen LogP contribution >= 0.6 is 11.3 Å². The number of hydrogen-bond donors (Lipinski definition) is 0. The van der Waals surface area contributed by atoms with Gasteiger partial charge in [0.05, 0.1) is 31.9 Å². The van der Waals surface area contributed by atoms with Gasteiger partial charge in [0.15, 0.2) is 4.80 Å². The lowest BCUT2D eigenvalue weighted by molar-refractivity contribution is -0.142. The summed E-state index contributed by atoms with van der Waals surface area (Å²) in [5, 5.41) is 2.04. The molecule has 29 heavy (non-hydrogen) atoms. The Bertz CT molecular complexity index is 882. The summed E-state index contributed by atoms with van der Waals surface area (Å²) in [7, 11) is 0. The predicted molar refractivity (Wildman–Crippen MR) is 116 cm³/mol. The molecule has 0 spiro atoms. The SMILES string of the molecule is CCOC(=O)Cc1csc(=Nc2ccc(C)cc2C)n1CCCN1CCOCC1. The van der Waals surface area contributed by atoms with Gasteiger partial charge in [-0.1, -0.05) is 17.7 Å². The monoisotopic (exact) mass is 417 g/mol. The Hall–Kier alpha value is -1.96. The molecule has 0 radical (unpaired) electrons. The van der Waals surface area contributed by atoms with Gasteiger partial charge in [0.2, 0.25) is 0 Å². The van der Waals surface area contributed by atoms with Crippen LogP contribution in [0.25, 0.3) is 0 Å². The molecular weight excluding hydrogens is 386 g/mol. The van der Waals surface area contributed by atoms with Crippen molar-refractivity contribution in [3.05, 3.63) is 45.2 Å². The van der Waals surface area contributed by atoms with Crippen molar-refractivity contribution in [1.82, 2.24) is 9.47 Å². The molecule has 7 heteroatoms. The first-order valence-electron chi connectivity index (χ1n) is 10.3. The van der Waals surface area contributed by atoms with Gasteiger partial charge in [0.25, 0.3) is 0 Å². The summed E-state index contributed by atoms with van der Waals surface area (Å²) in [6.07, 6.45) is 1.29. The zero-order valence-electron chi connectivity index (χ0n) is 17.6. The van der Waals surface area contributed by atoms with Crippen molar-refractivity contribution >= 4 is 23.0 Å². The van der Waals surface area contributed by atoms with Gasteiger partial charge in [-0.25, -0.2) is 4.99 Å². The fourth-order valence-corrected chi connectivity index (χ4v) is 4.44. The van der Waals surface area contributed by atoms with Gasteiger partial charge >= 0.3 is 5.97 Å². The van der Waals surface area contributed by atoms with E-state index in [9.17, 15) is 4.79 Å². The van der Waals surface area contributed by atoms with Crippen LogP contribution in [-0.4, -0.2) is 54.9 Å². The summed E-state index contributed by atoms with van der Waals surface area (Å²) in [5.74, 6) is -0.190. The van der Waals surface area contributed by atoms with Crippen molar-refractivity contribution in [2.75, 3.05) is 39.5 Å². The van der Waals surface area contributed by atoms with Crippen molar-refractivity contribution in [2.24, 2.45) is 4.99 Å². The third-order valence-corrected chi connectivity index (χ3v) is 5.95. The Labute approximate surface area is 176 Å². The zero-order valence-corrected chi connectivity index (χ0v) is 18.5. The second-order valence-corrected chi connectivity index (χ2v) is 8.19. The number of aromatic nitrogens is 1. The van der Waals surface area contributed by atoms with Gasteiger partial charge in [-0.05, 0) is 38.8 Å². The number of ether oxygens (including phenoxy) is 2. The molecule has 1 aromatic carbocycles. The van der Waals surface area contributed by atoms with E-state index in [2.05, 4.69) is 41.5 Å². The molecule has 2 aromatic rings. The van der Waals surface area contributed by atoms with Crippen LogP contribution in [0.4, 0.5) is 5.69 Å². The highest BCUT2D eigenvalue weighted by atomic mass is 32.1. The molecule has 1 aliphatic heterocycles. The average molecular weight is 418 g/mol. The first-order chi connectivity index (χ1) is 14.1. The Balaban J connectivity index is 1.81. The van der Waals surface area contributed by atoms with Crippen molar-refractivity contribution in [2.45, 2.75) is 40.2 Å². The number of morpholine rings is 1. The van der Waals surface area contributed by atoms with E-state index in [1.165, 1.54) is 5.56 Å². The number of aryl methyl sites for hydroxylation is 2. The van der Waals surface area contributed by atoms with Crippen LogP contribution in [0, 0.1) is 13.8 Å². The molecule has 6 nitrogen and oxygen atoms in total. The molecule has 0 amide bonds. The highest BCUT2D eigenvalue weighted by molar-refractivity contribution is 7.07. The minimum absolute atomic E-state index is 0.190. The smallest absolute Gasteiger partial charge is 0.311 e. The molecule has 2 heterocycles. The second-order valence-electron chi connectivity index (χ2n) is 7.35. The molecule has 0 bridgehead atoms. The fourth-order valence-electron chi connectivity index (χ4n) is 3.50. The number of hydrogen-bond acceptors (Lipinski definition) is 6. The Kier molecular flexibility index (Phi) is 8.03. The highest BCUT2D eigenvalue weighted by Gasteiger charge is 2.13. The molecule has 0 unspecified atom stereocenters. The highest BCUT2D eigenvalue weighted by Crippen LogP contribution is 2.19. The Morgan fingerprint density at radius 1 is 1.24 bits per heavy atom. The lowest BCUT2D eigenvalue weighted by atomic mass is 10.1. The van der Waals surface area contributed by atoms with E-state index >= 15 is 0 Å². The summed E-state index contributed by atoms with van der Waals surface area (Å²) >= 11 is 1.58. The predicted octanol–water partition coefficient (Wildman–Crippen LogP) is 3.23. The molecule has 0 aliphatic carbocycles. The molecule has 158 valence electrons. The molecule has 0 N–H and O–H groups in total. The van der Waals surface area contributed by atoms with Crippen LogP contribution in [-0.2, 0) is 27.2 Å². The maximum absolute atomic E-state index is 12.1. The molecule has 1 fully saturated rings. The van der Waals surface area contributed by atoms with Crippen molar-refractivity contribution < 1.29 is 14.3 Å². The summed E-state index contributed by atoms with van der Waals surface area (Å²) in [6, 6.07) is 6.30. The number of thiazole rings is 1. The molecular formula is C22H31N3O3S. The summed E-state index contributed by atoms with van der Waals surface area (Å²) in [4.78, 5) is 20.3. The van der Waals surface area contributed by atoms with Gasteiger partial charge in [-0.3, -0.25) is 9.69 Å². The number of carbonyl (C=O) groups is 1. The van der Waals surface area contributed by atoms with Gasteiger partial charge < -0.3 is 14.0 Å². The van der Waals surface area contributed by atoms with E-state index in [1.54, 1.807) is 11.3 Å². The largest absolute Gasteiger partial charge is 0.466 e. The van der Waals surface area contributed by atoms with Crippen LogP contribution < -0.4 is 4.80 Å². The van der Waals surface area contributed by atoms with Crippen molar-refractivity contribution in [1.29, 1.82) is 0 Å². The maximum atomic E-state index is 12.1. The molecule has 1 saturated heterocycles. The lowest BCUT2D eigenvalue weighted by Gasteiger charge is -2.26. The van der Waals surface area contributed by atoms with Crippen molar-refractivity contribution in [3.8, 4) is 0 Å². The lowest BCUT2D eigenvalue weighted by Crippen LogP contribution is -2.37. The van der Waals surface area contributed by atoms with Gasteiger partial charge in [-0.15, -0.1) is 11.3 Å². The number of rotatable bonds is 8. The molecule has 0 saturated carbocycles. The normalized spacial score (nSPS) is 15.6. The summed E-state index contributed by atoms with van der Waals surface area (Å²) in [5.41, 5.74) is 4.33. The standard InChI is InChI=1S/C22H31N3O3S/c1-4-28-21(26)15-19-16-29-22(23-20-7-6-17(2)14-18(20)3)25(19)9-5-8-24-10-12-27-13-11-24/h6-7,14,16H,4-5,8-13,15H2,1-3H3. The number of nitrogens with zero attached hydrogens (tertiary/aromatic N) is 3. The fraction of sp³-hybridized carbons (Fsp3) is 0.545. The van der Waals surface area contributed by atoms with Crippen LogP contribution in [0.2, 0.25) is 0 Å². The maximum Gasteiger partial charge on any atom is 0.311 e. The van der Waals surface area contributed by atoms with Gasteiger partial charge in [-0.2, -0.15) is 0 Å². The topological polar surface area (TPSA) is 56.1 Å². The van der Waals surface area contributed by atoms with Crippen LogP contribution in [0.1, 0.15) is 30.2 Å². The van der Waals surface area contributed by atoms with E-state index in [-0.39, 0.29) is 12.4 Å². The minimum atomic E-state index is -0.190. The first-order valence-corrected chi connectivity index (χ1v) is 11.2. The third kappa shape index (κ3) is 6.26. The first kappa shape index (κ1) is 21.7. The number of esters is 1. The zero-order chi connectivity index (χ0) is 20.6.